The SMILES string of the molecule is COc1cc(Oc2cc(Cl)ccc2C)ccc1N. The maximum Gasteiger partial charge on any atom is 0.145 e. The van der Waals surface area contributed by atoms with Crippen LogP contribution in [0.3, 0.4) is 0 Å². The van der Waals surface area contributed by atoms with Crippen molar-refractivity contribution >= 4 is 17.3 Å². The smallest absolute Gasteiger partial charge is 0.145 e. The molecule has 0 atom stereocenters. The lowest BCUT2D eigenvalue weighted by atomic mass is 10.2. The number of ether oxygens (including phenoxy) is 2. The van der Waals surface area contributed by atoms with Gasteiger partial charge in [-0.1, -0.05) is 17.7 Å². The third kappa shape index (κ3) is 2.68. The lowest BCUT2D eigenvalue weighted by Gasteiger charge is -2.11. The van der Waals surface area contributed by atoms with Gasteiger partial charge in [0, 0.05) is 11.1 Å². The minimum Gasteiger partial charge on any atom is -0.494 e. The van der Waals surface area contributed by atoms with Gasteiger partial charge in [0.25, 0.3) is 0 Å². The Bertz CT molecular complexity index is 570. The van der Waals surface area contributed by atoms with Crippen LogP contribution in [0.2, 0.25) is 5.02 Å². The topological polar surface area (TPSA) is 44.5 Å². The summed E-state index contributed by atoms with van der Waals surface area (Å²) >= 11 is 5.94. The van der Waals surface area contributed by atoms with Crippen LogP contribution in [0.5, 0.6) is 17.2 Å². The van der Waals surface area contributed by atoms with Gasteiger partial charge in [0.15, 0.2) is 0 Å². The molecular formula is C14H14ClNO2. The molecule has 0 heterocycles. The zero-order valence-electron chi connectivity index (χ0n) is 10.2. The summed E-state index contributed by atoms with van der Waals surface area (Å²) in [5.74, 6) is 1.97. The molecule has 0 aromatic heterocycles. The van der Waals surface area contributed by atoms with Gasteiger partial charge in [-0.25, -0.2) is 0 Å². The predicted molar refractivity (Wildman–Crippen MR) is 73.7 cm³/mol. The van der Waals surface area contributed by atoms with E-state index in [4.69, 9.17) is 26.8 Å². The highest BCUT2D eigenvalue weighted by Crippen LogP contribution is 2.32. The molecule has 0 aliphatic rings. The van der Waals surface area contributed by atoms with E-state index in [1.54, 1.807) is 31.4 Å². The number of hydrogen-bond acceptors (Lipinski definition) is 3. The molecular weight excluding hydrogens is 250 g/mol. The summed E-state index contributed by atoms with van der Waals surface area (Å²) in [6, 6.07) is 10.8. The number of aryl methyl sites for hydroxylation is 1. The molecule has 2 aromatic carbocycles. The fraction of sp³-hybridized carbons (Fsp3) is 0.143. The van der Waals surface area contributed by atoms with E-state index >= 15 is 0 Å². The molecule has 0 bridgehead atoms. The van der Waals surface area contributed by atoms with Gasteiger partial charge in [-0.15, -0.1) is 0 Å². The van der Waals surface area contributed by atoms with Gasteiger partial charge < -0.3 is 15.2 Å². The summed E-state index contributed by atoms with van der Waals surface area (Å²) in [4.78, 5) is 0. The molecule has 2 rings (SSSR count). The maximum atomic E-state index is 5.94. The molecule has 0 unspecified atom stereocenters. The Labute approximate surface area is 111 Å². The van der Waals surface area contributed by atoms with Gasteiger partial charge in [0.1, 0.15) is 17.2 Å². The van der Waals surface area contributed by atoms with Crippen LogP contribution >= 0.6 is 11.6 Å². The van der Waals surface area contributed by atoms with E-state index in [9.17, 15) is 0 Å². The van der Waals surface area contributed by atoms with E-state index in [1.165, 1.54) is 0 Å². The molecule has 0 aliphatic carbocycles. The van der Waals surface area contributed by atoms with E-state index in [-0.39, 0.29) is 0 Å². The summed E-state index contributed by atoms with van der Waals surface area (Å²) in [6.45, 7) is 1.96. The molecule has 2 aromatic rings. The Balaban J connectivity index is 2.31. The first kappa shape index (κ1) is 12.6. The quantitative estimate of drug-likeness (QED) is 0.851. The van der Waals surface area contributed by atoms with Crippen molar-refractivity contribution in [2.45, 2.75) is 6.92 Å². The van der Waals surface area contributed by atoms with Crippen molar-refractivity contribution in [2.75, 3.05) is 12.8 Å². The van der Waals surface area contributed by atoms with Gasteiger partial charge in [-0.2, -0.15) is 0 Å². The summed E-state index contributed by atoms with van der Waals surface area (Å²) in [7, 11) is 1.57. The zero-order valence-corrected chi connectivity index (χ0v) is 11.0. The van der Waals surface area contributed by atoms with Gasteiger partial charge in [0.2, 0.25) is 0 Å². The number of methoxy groups -OCH3 is 1. The highest BCUT2D eigenvalue weighted by atomic mass is 35.5. The van der Waals surface area contributed by atoms with Crippen molar-refractivity contribution in [3.05, 3.63) is 47.0 Å². The largest absolute Gasteiger partial charge is 0.494 e. The molecule has 0 saturated carbocycles. The third-order valence-electron chi connectivity index (χ3n) is 2.58. The Morgan fingerprint density at radius 3 is 2.56 bits per heavy atom. The normalized spacial score (nSPS) is 10.2. The monoisotopic (exact) mass is 263 g/mol. The standard InChI is InChI=1S/C14H14ClNO2/c1-9-3-4-10(15)7-13(9)18-11-5-6-12(16)14(8-11)17-2/h3-8H,16H2,1-2H3. The highest BCUT2D eigenvalue weighted by Gasteiger charge is 2.05. The van der Waals surface area contributed by atoms with E-state index in [0.29, 0.717) is 28.0 Å². The van der Waals surface area contributed by atoms with E-state index in [0.717, 1.165) is 5.56 Å². The molecule has 0 aliphatic heterocycles. The Kier molecular flexibility index (Phi) is 3.63. The first-order chi connectivity index (χ1) is 8.60. The lowest BCUT2D eigenvalue weighted by molar-refractivity contribution is 0.411. The Morgan fingerprint density at radius 2 is 1.83 bits per heavy atom. The first-order valence-corrected chi connectivity index (χ1v) is 5.85. The summed E-state index contributed by atoms with van der Waals surface area (Å²) < 4.78 is 10.9. The van der Waals surface area contributed by atoms with Gasteiger partial charge in [-0.05, 0) is 36.8 Å². The number of rotatable bonds is 3. The minimum absolute atomic E-state index is 0.577. The molecule has 0 radical (unpaired) electrons. The van der Waals surface area contributed by atoms with Crippen LogP contribution in [0.1, 0.15) is 5.56 Å². The number of nitrogen functional groups attached to an aromatic ring is 1. The number of nitrogens with two attached hydrogens (primary N) is 1. The summed E-state index contributed by atoms with van der Waals surface area (Å²) in [6.07, 6.45) is 0. The zero-order chi connectivity index (χ0) is 13.1. The van der Waals surface area contributed by atoms with Crippen LogP contribution in [-0.2, 0) is 0 Å². The van der Waals surface area contributed by atoms with Crippen LogP contribution < -0.4 is 15.2 Å². The number of benzene rings is 2. The number of hydrogen-bond donors (Lipinski definition) is 1. The predicted octanol–water partition coefficient (Wildman–Crippen LogP) is 4.03. The minimum atomic E-state index is 0.577. The van der Waals surface area contributed by atoms with E-state index in [2.05, 4.69) is 0 Å². The molecule has 18 heavy (non-hydrogen) atoms. The number of anilines is 1. The molecule has 0 saturated heterocycles. The number of halogens is 1. The first-order valence-electron chi connectivity index (χ1n) is 5.47. The molecule has 94 valence electrons. The average molecular weight is 264 g/mol. The van der Waals surface area contributed by atoms with Crippen molar-refractivity contribution in [1.29, 1.82) is 0 Å². The summed E-state index contributed by atoms with van der Waals surface area (Å²) in [5, 5.41) is 0.637. The average Bonchev–Trinajstić information content (AvgIpc) is 2.36. The lowest BCUT2D eigenvalue weighted by Crippen LogP contribution is -1.93. The van der Waals surface area contributed by atoms with Crippen molar-refractivity contribution in [3.8, 4) is 17.2 Å². The van der Waals surface area contributed by atoms with Crippen LogP contribution in [-0.4, -0.2) is 7.11 Å². The second kappa shape index (κ2) is 5.19. The second-order valence-corrected chi connectivity index (χ2v) is 4.35. The fourth-order valence-electron chi connectivity index (χ4n) is 1.57. The molecule has 0 spiro atoms. The van der Waals surface area contributed by atoms with Crippen molar-refractivity contribution in [1.82, 2.24) is 0 Å². The van der Waals surface area contributed by atoms with E-state index < -0.39 is 0 Å². The van der Waals surface area contributed by atoms with E-state index in [1.807, 2.05) is 19.1 Å². The van der Waals surface area contributed by atoms with Gasteiger partial charge in [-0.3, -0.25) is 0 Å². The van der Waals surface area contributed by atoms with Crippen LogP contribution in [0, 0.1) is 6.92 Å². The molecule has 0 fully saturated rings. The molecule has 3 nitrogen and oxygen atoms in total. The fourth-order valence-corrected chi connectivity index (χ4v) is 1.73. The van der Waals surface area contributed by atoms with Crippen LogP contribution in [0.25, 0.3) is 0 Å². The van der Waals surface area contributed by atoms with Gasteiger partial charge in [0.05, 0.1) is 12.8 Å². The van der Waals surface area contributed by atoms with Crippen molar-refractivity contribution < 1.29 is 9.47 Å². The highest BCUT2D eigenvalue weighted by molar-refractivity contribution is 6.30. The maximum absolute atomic E-state index is 5.94. The van der Waals surface area contributed by atoms with Crippen molar-refractivity contribution in [3.63, 3.8) is 0 Å². The Morgan fingerprint density at radius 1 is 1.06 bits per heavy atom. The molecule has 4 heteroatoms. The Hall–Kier alpha value is -1.87. The third-order valence-corrected chi connectivity index (χ3v) is 2.82. The summed E-state index contributed by atoms with van der Waals surface area (Å²) in [5.41, 5.74) is 7.33. The van der Waals surface area contributed by atoms with Crippen molar-refractivity contribution in [2.24, 2.45) is 0 Å². The van der Waals surface area contributed by atoms with Crippen LogP contribution in [0.15, 0.2) is 36.4 Å². The second-order valence-electron chi connectivity index (χ2n) is 3.92. The molecule has 0 amide bonds. The molecule has 2 N–H and O–H groups in total. The van der Waals surface area contributed by atoms with Crippen LogP contribution in [0.4, 0.5) is 5.69 Å². The van der Waals surface area contributed by atoms with Gasteiger partial charge >= 0.3 is 0 Å².